The first kappa shape index (κ1) is 51.2. The Hall–Kier alpha value is 0.0681. The Kier molecular flexibility index (Phi) is 27.1. The third kappa shape index (κ3) is 15.5. The molecule has 1 aliphatic carbocycles. The van der Waals surface area contributed by atoms with Crippen molar-refractivity contribution in [2.75, 3.05) is 0 Å². The average molecular weight is 798 g/mol. The Morgan fingerprint density at radius 2 is 1.08 bits per heavy atom. The van der Waals surface area contributed by atoms with E-state index in [1.54, 1.807) is 26.7 Å². The molecule has 0 amide bonds. The number of unbranched alkanes of at least 4 members (excludes halogenated alkanes) is 15. The van der Waals surface area contributed by atoms with Gasteiger partial charge in [0, 0.05) is 0 Å². The van der Waals surface area contributed by atoms with Crippen LogP contribution in [0.4, 0.5) is 0 Å². The van der Waals surface area contributed by atoms with E-state index in [4.69, 9.17) is 0 Å². The zero-order chi connectivity index (χ0) is 32.9. The van der Waals surface area contributed by atoms with E-state index in [1.165, 1.54) is 132 Å². The van der Waals surface area contributed by atoms with Crippen molar-refractivity contribution in [1.29, 1.82) is 0 Å². The summed E-state index contributed by atoms with van der Waals surface area (Å²) in [5.41, 5.74) is 7.71. The van der Waals surface area contributed by atoms with E-state index in [0.29, 0.717) is 0 Å². The topological polar surface area (TPSA) is 0 Å². The molecule has 3 rings (SSSR count). The molecule has 0 aliphatic heterocycles. The quantitative estimate of drug-likeness (QED) is 0.104. The smallest absolute Gasteiger partial charge is 1.00 e. The van der Waals surface area contributed by atoms with Gasteiger partial charge in [0.2, 0.25) is 0 Å². The molecule has 6 heteroatoms. The van der Waals surface area contributed by atoms with Gasteiger partial charge in [0.15, 0.2) is 0 Å². The Labute approximate surface area is 341 Å². The van der Waals surface area contributed by atoms with Gasteiger partial charge in [-0.3, -0.25) is 0 Å². The van der Waals surface area contributed by atoms with Crippen molar-refractivity contribution >= 4 is 32.4 Å². The van der Waals surface area contributed by atoms with Crippen molar-refractivity contribution in [3.63, 3.8) is 0 Å². The number of benzene rings is 1. The van der Waals surface area contributed by atoms with Crippen LogP contribution >= 0.6 is 0 Å². The van der Waals surface area contributed by atoms with Gasteiger partial charge < -0.3 is 37.2 Å². The second kappa shape index (κ2) is 25.9. The molecule has 2 aromatic rings. The van der Waals surface area contributed by atoms with Crippen LogP contribution in [0.25, 0.3) is 0 Å². The van der Waals surface area contributed by atoms with E-state index in [0.717, 1.165) is 0 Å². The van der Waals surface area contributed by atoms with Crippen LogP contribution in [0.1, 0.15) is 150 Å². The third-order valence-electron chi connectivity index (χ3n) is 11.3. The van der Waals surface area contributed by atoms with Crippen LogP contribution in [0.2, 0.25) is 24.7 Å². The van der Waals surface area contributed by atoms with Crippen LogP contribution in [0.15, 0.2) is 42.5 Å². The molecule has 0 aromatic heterocycles. The predicted octanol–water partition coefficient (Wildman–Crippen LogP) is 2.75. The minimum Gasteiger partial charge on any atom is -1.00 e. The second-order valence-corrected chi connectivity index (χ2v) is 24.3. The summed E-state index contributed by atoms with van der Waals surface area (Å²) in [5, 5.41) is 5.37. The summed E-state index contributed by atoms with van der Waals surface area (Å²) in [4.78, 5) is 0. The summed E-state index contributed by atoms with van der Waals surface area (Å²) in [6.07, 6.45) is 35.4. The number of aryl methyl sites for hydroxylation is 1. The maximum Gasteiger partial charge on any atom is 4.00 e. The van der Waals surface area contributed by atoms with Crippen molar-refractivity contribution in [3.05, 3.63) is 70.3 Å². The fourth-order valence-corrected chi connectivity index (χ4v) is 14.3. The Morgan fingerprint density at radius 1 is 0.633 bits per heavy atom. The molecule has 0 saturated carbocycles. The molecule has 0 nitrogen and oxygen atoms in total. The van der Waals surface area contributed by atoms with Gasteiger partial charge in [0.05, 0.1) is 16.9 Å². The summed E-state index contributed by atoms with van der Waals surface area (Å²) >= 11 is 0. The van der Waals surface area contributed by atoms with Gasteiger partial charge >= 0.3 is 21.7 Å². The van der Waals surface area contributed by atoms with Crippen molar-refractivity contribution in [1.82, 2.24) is 0 Å². The Balaban J connectivity index is 0. The summed E-state index contributed by atoms with van der Waals surface area (Å²) < 4.78 is 0. The molecule has 2 unspecified atom stereocenters. The minimum absolute atomic E-state index is 0. The van der Waals surface area contributed by atoms with Crippen LogP contribution in [0, 0.1) is 34.6 Å². The first-order chi connectivity index (χ1) is 21.5. The van der Waals surface area contributed by atoms with Crippen molar-refractivity contribution < 1.29 is 58.9 Å². The SMILES string of the molecule is CCCCCCCCCCCCCCCCCCC1([SiH](c2cc(C)cc([Si](C)(C)C)c2)[c-]2c(C)c(C)c(C)c2C)C=CC=CC1.[Cl-].[Cl-].[Cl-].[Ti+4]. The van der Waals surface area contributed by atoms with Gasteiger partial charge in [-0.15, -0.1) is 0 Å². The molecule has 0 heterocycles. The third-order valence-corrected chi connectivity index (χ3v) is 17.7. The van der Waals surface area contributed by atoms with E-state index in [2.05, 4.69) is 104 Å². The predicted molar refractivity (Wildman–Crippen MR) is 211 cm³/mol. The first-order valence-corrected chi connectivity index (χ1v) is 24.4. The summed E-state index contributed by atoms with van der Waals surface area (Å²) in [7, 11) is -3.02. The Bertz CT molecular complexity index is 1220. The van der Waals surface area contributed by atoms with Gasteiger partial charge in [0.25, 0.3) is 0 Å². The molecule has 0 saturated heterocycles. The first-order valence-electron chi connectivity index (χ1n) is 19.2. The molecule has 2 aromatic carbocycles. The molecule has 49 heavy (non-hydrogen) atoms. The number of halogens is 3. The fraction of sp³-hybridized carbons (Fsp3) is 0.651. The van der Waals surface area contributed by atoms with E-state index in [1.807, 2.05) is 0 Å². The zero-order valence-electron chi connectivity index (χ0n) is 33.0. The van der Waals surface area contributed by atoms with Crippen LogP contribution in [-0.2, 0) is 21.7 Å². The number of hydrogen-bond donors (Lipinski definition) is 0. The minimum atomic E-state index is -1.59. The van der Waals surface area contributed by atoms with E-state index in [-0.39, 0.29) is 64.0 Å². The zero-order valence-corrected chi connectivity index (χ0v) is 39.0. The van der Waals surface area contributed by atoms with Crippen LogP contribution < -0.4 is 52.8 Å². The summed E-state index contributed by atoms with van der Waals surface area (Å²) in [6.45, 7) is 21.8. The van der Waals surface area contributed by atoms with Crippen LogP contribution in [-0.4, -0.2) is 16.9 Å². The molecule has 0 fully saturated rings. The monoisotopic (exact) mass is 796 g/mol. The van der Waals surface area contributed by atoms with Gasteiger partial charge in [-0.2, -0.15) is 27.4 Å². The number of hydrogen-bond acceptors (Lipinski definition) is 0. The molecule has 0 bridgehead atoms. The normalized spacial score (nSPS) is 15.9. The molecular weight excluding hydrogens is 727 g/mol. The van der Waals surface area contributed by atoms with Crippen LogP contribution in [0.3, 0.4) is 0 Å². The molecule has 1 aliphatic rings. The molecule has 0 N–H and O–H groups in total. The molecule has 2 atom stereocenters. The van der Waals surface area contributed by atoms with Crippen LogP contribution in [0.5, 0.6) is 0 Å². The number of rotatable bonds is 21. The van der Waals surface area contributed by atoms with Gasteiger partial charge in [-0.25, -0.2) is 0 Å². The van der Waals surface area contributed by atoms with E-state index in [9.17, 15) is 0 Å². The maximum absolute atomic E-state index is 2.69. The summed E-state index contributed by atoms with van der Waals surface area (Å²) in [6, 6.07) is 7.79. The summed E-state index contributed by atoms with van der Waals surface area (Å²) in [5.74, 6) is 0. The Morgan fingerprint density at radius 3 is 1.49 bits per heavy atom. The van der Waals surface area contributed by atoms with E-state index >= 15 is 0 Å². The maximum atomic E-state index is 2.69. The van der Waals surface area contributed by atoms with E-state index < -0.39 is 16.9 Å². The van der Waals surface area contributed by atoms with Gasteiger partial charge in [0.1, 0.15) is 0 Å². The van der Waals surface area contributed by atoms with Gasteiger partial charge in [-0.05, 0) is 24.8 Å². The second-order valence-electron chi connectivity index (χ2n) is 16.0. The standard InChI is InChI=1S/C43H71Si2.3ClH.Ti/c1-10-11-12-13-14-15-16-17-18-19-20-21-22-23-24-26-29-43(30-27-25-28-31-43)44(42-38(5)36(3)37(4)39(42)6)40-32-35(2)33-41(34-40)45(7,8)9;;;;/h25,27-28,30,32-34,44H,10-24,26,29,31H2,1-9H3;3*1H;/q-1;;;;+4/p-3. The molecular formula is C43H71Cl3Si2Ti. The molecule has 0 radical (unpaired) electrons. The largest absolute Gasteiger partial charge is 4.00 e. The molecule has 0 spiro atoms. The van der Waals surface area contributed by atoms with Crippen molar-refractivity contribution in [3.8, 4) is 0 Å². The fourth-order valence-electron chi connectivity index (χ4n) is 8.11. The molecule has 276 valence electrons. The van der Waals surface area contributed by atoms with Crippen molar-refractivity contribution in [2.24, 2.45) is 0 Å². The number of allylic oxidation sites excluding steroid dienone is 4. The van der Waals surface area contributed by atoms with Gasteiger partial charge in [-0.1, -0.05) is 215 Å². The average Bonchev–Trinajstić information content (AvgIpc) is 3.19. The van der Waals surface area contributed by atoms with Crippen molar-refractivity contribution in [2.45, 2.75) is 182 Å².